The van der Waals surface area contributed by atoms with Crippen molar-refractivity contribution in [2.24, 2.45) is 0 Å². The molecule has 4 heterocycles. The average Bonchev–Trinajstić information content (AvgIpc) is 3.29. The molecule has 4 rings (SSSR count). The number of nitrogens with zero attached hydrogens (tertiary/aromatic N) is 8. The predicted octanol–water partition coefficient (Wildman–Crippen LogP) is 1.03. The molecule has 4 aromatic rings. The van der Waals surface area contributed by atoms with E-state index in [9.17, 15) is 0 Å². The van der Waals surface area contributed by atoms with E-state index >= 15 is 0 Å². The molecular weight excluding hydrogens is 491 g/mol. The second kappa shape index (κ2) is 7.10. The van der Waals surface area contributed by atoms with Crippen LogP contribution in [0, 0.1) is 12.7 Å². The molecule has 0 aliphatic heterocycles. The zero-order valence-corrected chi connectivity index (χ0v) is 14.2. The first-order valence-electron chi connectivity index (χ1n) is 6.57. The standard InChI is InChI=1S/C14H8N8O.Pt/c1-3-11(21-9-15-7-17-21)19-13(5-1)23-14-6-2-4-12(20-14)22-10-16-8-18-22;/h1-8H;/q-2;+2. The number of aromatic nitrogens is 8. The van der Waals surface area contributed by atoms with Gasteiger partial charge in [-0.2, -0.15) is 0 Å². The number of rotatable bonds is 4. The third-order valence-electron chi connectivity index (χ3n) is 2.82. The minimum absolute atomic E-state index is 0. The molecule has 0 aromatic carbocycles. The van der Waals surface area contributed by atoms with Gasteiger partial charge in [0.25, 0.3) is 0 Å². The number of hydrogen-bond donors (Lipinski definition) is 0. The van der Waals surface area contributed by atoms with Crippen LogP contribution in [0.1, 0.15) is 0 Å². The Bertz CT molecular complexity index is 834. The van der Waals surface area contributed by atoms with Gasteiger partial charge in [0.15, 0.2) is 0 Å². The first-order chi connectivity index (χ1) is 11.4. The van der Waals surface area contributed by atoms with Gasteiger partial charge >= 0.3 is 21.1 Å². The van der Waals surface area contributed by atoms with Crippen molar-refractivity contribution in [2.45, 2.75) is 0 Å². The van der Waals surface area contributed by atoms with E-state index in [0.29, 0.717) is 23.4 Å². The van der Waals surface area contributed by atoms with Gasteiger partial charge in [-0.25, -0.2) is 10.2 Å². The van der Waals surface area contributed by atoms with Gasteiger partial charge < -0.3 is 24.1 Å². The van der Waals surface area contributed by atoms with Crippen LogP contribution >= 0.6 is 0 Å². The van der Waals surface area contributed by atoms with E-state index in [-0.39, 0.29) is 21.1 Å². The van der Waals surface area contributed by atoms with Crippen molar-refractivity contribution < 1.29 is 25.8 Å². The fourth-order valence-electron chi connectivity index (χ4n) is 1.85. The molecule has 0 aliphatic rings. The van der Waals surface area contributed by atoms with Crippen molar-refractivity contribution in [1.82, 2.24) is 39.5 Å². The summed E-state index contributed by atoms with van der Waals surface area (Å²) in [6, 6.07) is 10.6. The third-order valence-corrected chi connectivity index (χ3v) is 2.82. The molecule has 120 valence electrons. The van der Waals surface area contributed by atoms with E-state index in [1.54, 1.807) is 36.4 Å². The van der Waals surface area contributed by atoms with Crippen LogP contribution in [-0.4, -0.2) is 39.5 Å². The van der Waals surface area contributed by atoms with Crippen molar-refractivity contribution >= 4 is 0 Å². The van der Waals surface area contributed by atoms with Crippen LogP contribution in [0.25, 0.3) is 11.6 Å². The zero-order chi connectivity index (χ0) is 15.5. The van der Waals surface area contributed by atoms with E-state index in [1.807, 2.05) is 0 Å². The quantitative estimate of drug-likeness (QED) is 0.387. The summed E-state index contributed by atoms with van der Waals surface area (Å²) in [6.45, 7) is 0. The van der Waals surface area contributed by atoms with Gasteiger partial charge in [0, 0.05) is 25.3 Å². The summed E-state index contributed by atoms with van der Waals surface area (Å²) in [5.74, 6) is 1.83. The molecule has 0 fully saturated rings. The normalized spacial score (nSPS) is 10.2. The summed E-state index contributed by atoms with van der Waals surface area (Å²) >= 11 is 0. The Morgan fingerprint density at radius 1 is 0.750 bits per heavy atom. The fraction of sp³-hybridized carbons (Fsp3) is 0. The molecule has 24 heavy (non-hydrogen) atoms. The second-order valence-electron chi connectivity index (χ2n) is 4.31. The molecule has 0 amide bonds. The summed E-state index contributed by atoms with van der Waals surface area (Å²) in [5, 5.41) is 7.95. The van der Waals surface area contributed by atoms with Gasteiger partial charge in [0.2, 0.25) is 11.8 Å². The molecule has 0 unspecified atom stereocenters. The Morgan fingerprint density at radius 2 is 1.25 bits per heavy atom. The van der Waals surface area contributed by atoms with Crippen molar-refractivity contribution in [3.8, 4) is 23.4 Å². The van der Waals surface area contributed by atoms with E-state index in [1.165, 1.54) is 22.0 Å². The molecular formula is C14H8N8OPt. The molecule has 0 aliphatic carbocycles. The van der Waals surface area contributed by atoms with E-state index < -0.39 is 0 Å². The summed E-state index contributed by atoms with van der Waals surface area (Å²) in [5.41, 5.74) is 0. The summed E-state index contributed by atoms with van der Waals surface area (Å²) in [6.07, 6.45) is 8.11. The van der Waals surface area contributed by atoms with Gasteiger partial charge in [-0.3, -0.25) is 9.97 Å². The predicted molar refractivity (Wildman–Crippen MR) is 76.1 cm³/mol. The number of ether oxygens (including phenoxy) is 1. The molecule has 4 aromatic heterocycles. The summed E-state index contributed by atoms with van der Waals surface area (Å²) in [4.78, 5) is 16.2. The Kier molecular flexibility index (Phi) is 4.71. The summed E-state index contributed by atoms with van der Waals surface area (Å²) in [7, 11) is 0. The molecule has 0 atom stereocenters. The Hall–Kier alpha value is -2.93. The van der Waals surface area contributed by atoms with Crippen LogP contribution in [0.5, 0.6) is 11.8 Å². The molecule has 0 bridgehead atoms. The van der Waals surface area contributed by atoms with Crippen LogP contribution in [0.2, 0.25) is 0 Å². The topological polar surface area (TPSA) is 96.4 Å². The Labute approximate surface area is 150 Å². The smallest absolute Gasteiger partial charge is 0.423 e. The second-order valence-corrected chi connectivity index (χ2v) is 4.31. The molecule has 9 nitrogen and oxygen atoms in total. The summed E-state index contributed by atoms with van der Waals surface area (Å²) < 4.78 is 8.52. The van der Waals surface area contributed by atoms with Crippen LogP contribution in [-0.2, 0) is 21.1 Å². The van der Waals surface area contributed by atoms with Crippen molar-refractivity contribution in [2.75, 3.05) is 0 Å². The molecule has 0 spiro atoms. The largest absolute Gasteiger partial charge is 2.00 e. The Balaban J connectivity index is 0.00000169. The van der Waals surface area contributed by atoms with Gasteiger partial charge in [-0.15, -0.1) is 0 Å². The maximum absolute atomic E-state index is 5.68. The van der Waals surface area contributed by atoms with E-state index in [0.717, 1.165) is 0 Å². The molecule has 0 saturated carbocycles. The fourth-order valence-corrected chi connectivity index (χ4v) is 1.85. The van der Waals surface area contributed by atoms with Crippen LogP contribution in [0.3, 0.4) is 0 Å². The van der Waals surface area contributed by atoms with Gasteiger partial charge in [-0.05, 0) is 12.1 Å². The van der Waals surface area contributed by atoms with Crippen molar-refractivity contribution in [3.63, 3.8) is 0 Å². The van der Waals surface area contributed by atoms with Crippen LogP contribution in [0.15, 0.2) is 49.1 Å². The maximum atomic E-state index is 5.68. The first kappa shape index (κ1) is 15.9. The average molecular weight is 499 g/mol. The maximum Gasteiger partial charge on any atom is 2.00 e. The molecule has 0 radical (unpaired) electrons. The zero-order valence-electron chi connectivity index (χ0n) is 11.9. The minimum atomic E-state index is 0. The van der Waals surface area contributed by atoms with E-state index in [2.05, 4.69) is 42.8 Å². The van der Waals surface area contributed by atoms with Crippen molar-refractivity contribution in [1.29, 1.82) is 0 Å². The number of hydrogen-bond acceptors (Lipinski definition) is 7. The first-order valence-corrected chi connectivity index (χ1v) is 6.57. The minimum Gasteiger partial charge on any atom is -0.423 e. The van der Waals surface area contributed by atoms with E-state index in [4.69, 9.17) is 4.74 Å². The van der Waals surface area contributed by atoms with Gasteiger partial charge in [0.05, 0.1) is 11.6 Å². The van der Waals surface area contributed by atoms with Crippen LogP contribution < -0.4 is 4.74 Å². The SMILES string of the molecule is [Pt+2].[c-]1ncnn1-c1cccc(Oc2cccc(-n3[c-]ncn3)n2)n1. The van der Waals surface area contributed by atoms with Gasteiger partial charge in [-0.1, -0.05) is 24.3 Å². The van der Waals surface area contributed by atoms with Crippen LogP contribution in [0.4, 0.5) is 0 Å². The molecule has 10 heteroatoms. The number of pyridine rings is 2. The van der Waals surface area contributed by atoms with Gasteiger partial charge in [0.1, 0.15) is 0 Å². The molecule has 0 saturated heterocycles. The van der Waals surface area contributed by atoms with Crippen molar-refractivity contribution in [3.05, 3.63) is 61.7 Å². The third kappa shape index (κ3) is 3.36. The monoisotopic (exact) mass is 499 g/mol. The Morgan fingerprint density at radius 3 is 1.67 bits per heavy atom. The molecule has 0 N–H and O–H groups in total.